The maximum absolute atomic E-state index is 14.3. The van der Waals surface area contributed by atoms with Gasteiger partial charge in [-0.15, -0.1) is 0 Å². The van der Waals surface area contributed by atoms with Gasteiger partial charge in [0.25, 0.3) is 11.8 Å². The second-order valence-corrected chi connectivity index (χ2v) is 7.58. The zero-order valence-corrected chi connectivity index (χ0v) is 17.5. The first-order valence-electron chi connectivity index (χ1n) is 9.51. The average Bonchev–Trinajstić information content (AvgIpc) is 3.02. The smallest absolute Gasteiger partial charge is 0.417 e. The molecule has 3 N–H and O–H groups in total. The molecule has 1 aliphatic rings. The van der Waals surface area contributed by atoms with Crippen LogP contribution in [0.2, 0.25) is 0 Å². The van der Waals surface area contributed by atoms with Crippen molar-refractivity contribution in [1.29, 1.82) is 0 Å². The number of anilines is 1. The molecule has 33 heavy (non-hydrogen) atoms. The van der Waals surface area contributed by atoms with Gasteiger partial charge in [0.15, 0.2) is 17.2 Å². The van der Waals surface area contributed by atoms with E-state index in [0.29, 0.717) is 0 Å². The number of ether oxygens (including phenoxy) is 2. The van der Waals surface area contributed by atoms with Crippen molar-refractivity contribution in [1.82, 2.24) is 9.97 Å². The highest BCUT2D eigenvalue weighted by Crippen LogP contribution is 2.54. The van der Waals surface area contributed by atoms with E-state index in [0.717, 1.165) is 38.6 Å². The fourth-order valence-electron chi connectivity index (χ4n) is 3.80. The summed E-state index contributed by atoms with van der Waals surface area (Å²) in [7, 11) is 1.02. The molecule has 1 saturated heterocycles. The van der Waals surface area contributed by atoms with E-state index in [1.807, 2.05) is 0 Å². The van der Waals surface area contributed by atoms with Crippen molar-refractivity contribution >= 4 is 17.6 Å². The predicted molar refractivity (Wildman–Crippen MR) is 103 cm³/mol. The largest absolute Gasteiger partial charge is 0.493 e. The van der Waals surface area contributed by atoms with Crippen LogP contribution in [-0.4, -0.2) is 46.8 Å². The summed E-state index contributed by atoms with van der Waals surface area (Å²) < 4.78 is 80.0. The molecule has 0 saturated carbocycles. The number of benzene rings is 1. The average molecular weight is 474 g/mol. The van der Waals surface area contributed by atoms with Gasteiger partial charge in [0, 0.05) is 23.5 Å². The van der Waals surface area contributed by atoms with Crippen LogP contribution in [0, 0.1) is 17.6 Å². The molecule has 2 aromatic rings. The van der Waals surface area contributed by atoms with Crippen molar-refractivity contribution in [3.63, 3.8) is 0 Å². The van der Waals surface area contributed by atoms with Gasteiger partial charge < -0.3 is 20.5 Å². The Labute approximate surface area is 184 Å². The Kier molecular flexibility index (Phi) is 6.29. The number of amides is 2. The van der Waals surface area contributed by atoms with Crippen molar-refractivity contribution in [2.24, 2.45) is 11.7 Å². The molecular formula is C20H19F5N4O4. The van der Waals surface area contributed by atoms with Crippen LogP contribution in [0.25, 0.3) is 0 Å². The standard InChI is InChI=1S/C20H19F5N4O4/c1-8-13(9-4-5-10(21)14(22)15(9)32-3)16(33-19(8,2)20(23,24)25)18(31)29-12-6-11(17(26)30)27-7-28-12/h4-8,13,16H,1-3H3,(H2,26,30)(H,27,28,29,31)/t8-,13-,16-,19+/m1/s1. The second kappa shape index (κ2) is 8.54. The van der Waals surface area contributed by atoms with Gasteiger partial charge in [-0.05, 0) is 13.0 Å². The molecule has 13 heteroatoms. The zero-order chi connectivity index (χ0) is 24.7. The molecule has 0 unspecified atom stereocenters. The summed E-state index contributed by atoms with van der Waals surface area (Å²) in [4.78, 5) is 31.6. The monoisotopic (exact) mass is 474 g/mol. The third-order valence-corrected chi connectivity index (χ3v) is 5.74. The predicted octanol–water partition coefficient (Wildman–Crippen LogP) is 2.94. The Hall–Kier alpha value is -3.35. The van der Waals surface area contributed by atoms with E-state index in [-0.39, 0.29) is 17.1 Å². The van der Waals surface area contributed by atoms with Gasteiger partial charge in [0.2, 0.25) is 5.82 Å². The normalized spacial score (nSPS) is 25.0. The highest BCUT2D eigenvalue weighted by molar-refractivity contribution is 5.96. The summed E-state index contributed by atoms with van der Waals surface area (Å²) in [5.41, 5.74) is 1.88. The Bertz CT molecular complexity index is 1100. The summed E-state index contributed by atoms with van der Waals surface area (Å²) in [5.74, 6) is -8.36. The molecule has 0 spiro atoms. The lowest BCUT2D eigenvalue weighted by Crippen LogP contribution is -2.47. The molecule has 1 aliphatic heterocycles. The van der Waals surface area contributed by atoms with Gasteiger partial charge >= 0.3 is 6.18 Å². The lowest BCUT2D eigenvalue weighted by molar-refractivity contribution is -0.272. The number of rotatable bonds is 5. The van der Waals surface area contributed by atoms with E-state index in [2.05, 4.69) is 15.3 Å². The van der Waals surface area contributed by atoms with Gasteiger partial charge in [-0.3, -0.25) is 9.59 Å². The Morgan fingerprint density at radius 1 is 1.24 bits per heavy atom. The molecule has 4 atom stereocenters. The number of hydrogen-bond acceptors (Lipinski definition) is 6. The third kappa shape index (κ3) is 4.19. The van der Waals surface area contributed by atoms with Gasteiger partial charge in [-0.1, -0.05) is 13.0 Å². The molecule has 178 valence electrons. The number of aromatic nitrogens is 2. The molecular weight excluding hydrogens is 455 g/mol. The van der Waals surface area contributed by atoms with Crippen molar-refractivity contribution in [3.05, 3.63) is 47.4 Å². The van der Waals surface area contributed by atoms with Gasteiger partial charge in [0.1, 0.15) is 23.9 Å². The second-order valence-electron chi connectivity index (χ2n) is 7.58. The molecule has 3 rings (SSSR count). The lowest BCUT2D eigenvalue weighted by Gasteiger charge is -2.32. The zero-order valence-electron chi connectivity index (χ0n) is 17.5. The summed E-state index contributed by atoms with van der Waals surface area (Å²) in [6.07, 6.45) is -5.79. The minimum atomic E-state index is -4.90. The Morgan fingerprint density at radius 3 is 2.48 bits per heavy atom. The van der Waals surface area contributed by atoms with E-state index < -0.39 is 58.9 Å². The summed E-state index contributed by atoms with van der Waals surface area (Å²) in [5, 5.41) is 2.25. The number of methoxy groups -OCH3 is 1. The third-order valence-electron chi connectivity index (χ3n) is 5.74. The number of carbonyl (C=O) groups is 2. The van der Waals surface area contributed by atoms with E-state index >= 15 is 0 Å². The quantitative estimate of drug-likeness (QED) is 0.644. The van der Waals surface area contributed by atoms with Gasteiger partial charge in [-0.2, -0.15) is 17.6 Å². The molecule has 0 bridgehead atoms. The van der Waals surface area contributed by atoms with Crippen LogP contribution in [0.1, 0.15) is 35.8 Å². The van der Waals surface area contributed by atoms with Crippen LogP contribution < -0.4 is 15.8 Å². The van der Waals surface area contributed by atoms with E-state index in [1.54, 1.807) is 0 Å². The number of alkyl halides is 3. The fourth-order valence-corrected chi connectivity index (χ4v) is 3.80. The number of nitrogens with two attached hydrogens (primary N) is 1. The first-order valence-corrected chi connectivity index (χ1v) is 9.51. The van der Waals surface area contributed by atoms with Crippen molar-refractivity contribution < 1.29 is 41.0 Å². The van der Waals surface area contributed by atoms with Crippen molar-refractivity contribution in [3.8, 4) is 5.75 Å². The number of carbonyl (C=O) groups excluding carboxylic acids is 2. The van der Waals surface area contributed by atoms with E-state index in [1.165, 1.54) is 6.92 Å². The Balaban J connectivity index is 2.07. The number of nitrogens with zero attached hydrogens (tertiary/aromatic N) is 2. The first-order chi connectivity index (χ1) is 15.3. The van der Waals surface area contributed by atoms with E-state index in [4.69, 9.17) is 15.2 Å². The highest BCUT2D eigenvalue weighted by Gasteiger charge is 2.65. The molecule has 1 aromatic heterocycles. The maximum atomic E-state index is 14.3. The van der Waals surface area contributed by atoms with Crippen LogP contribution >= 0.6 is 0 Å². The number of hydrogen-bond donors (Lipinski definition) is 2. The fraction of sp³-hybridized carbons (Fsp3) is 0.400. The van der Waals surface area contributed by atoms with Gasteiger partial charge in [0.05, 0.1) is 7.11 Å². The molecule has 1 aromatic carbocycles. The van der Waals surface area contributed by atoms with Crippen LogP contribution in [0.5, 0.6) is 5.75 Å². The van der Waals surface area contributed by atoms with Crippen LogP contribution in [0.3, 0.4) is 0 Å². The molecule has 2 amide bonds. The minimum Gasteiger partial charge on any atom is -0.493 e. The van der Waals surface area contributed by atoms with E-state index in [9.17, 15) is 31.5 Å². The van der Waals surface area contributed by atoms with Crippen LogP contribution in [-0.2, 0) is 9.53 Å². The molecule has 8 nitrogen and oxygen atoms in total. The number of halogens is 5. The Morgan fingerprint density at radius 2 is 1.91 bits per heavy atom. The molecule has 2 heterocycles. The van der Waals surface area contributed by atoms with Gasteiger partial charge in [-0.25, -0.2) is 14.4 Å². The molecule has 0 radical (unpaired) electrons. The highest BCUT2D eigenvalue weighted by atomic mass is 19.4. The lowest BCUT2D eigenvalue weighted by atomic mass is 9.77. The van der Waals surface area contributed by atoms with Crippen molar-refractivity contribution in [2.75, 3.05) is 12.4 Å². The van der Waals surface area contributed by atoms with Crippen molar-refractivity contribution in [2.45, 2.75) is 37.6 Å². The summed E-state index contributed by atoms with van der Waals surface area (Å²) in [6.45, 7) is 1.95. The summed E-state index contributed by atoms with van der Waals surface area (Å²) >= 11 is 0. The SMILES string of the molecule is COc1c([C@H]2[C@@H](C)[C@@](C)(C(F)(F)F)O[C@H]2C(=O)Nc2cc(C(N)=O)ncn2)ccc(F)c1F. The topological polar surface area (TPSA) is 116 Å². The molecule has 1 fully saturated rings. The van der Waals surface area contributed by atoms with Crippen LogP contribution in [0.4, 0.5) is 27.8 Å². The summed E-state index contributed by atoms with van der Waals surface area (Å²) in [6, 6.07) is 2.79. The minimum absolute atomic E-state index is 0.183. The van der Waals surface area contributed by atoms with Crippen LogP contribution in [0.15, 0.2) is 24.5 Å². The number of primary amides is 1. The number of nitrogens with one attached hydrogen (secondary N) is 1. The first kappa shape index (κ1) is 24.3. The molecule has 0 aliphatic carbocycles. The maximum Gasteiger partial charge on any atom is 0.417 e.